The molecule has 120 valence electrons. The third kappa shape index (κ3) is 4.76. The van der Waals surface area contributed by atoms with Gasteiger partial charge in [-0.05, 0) is 18.6 Å². The summed E-state index contributed by atoms with van der Waals surface area (Å²) in [5, 5.41) is 4.40. The van der Waals surface area contributed by atoms with E-state index >= 15 is 0 Å². The van der Waals surface area contributed by atoms with Gasteiger partial charge in [0.2, 0.25) is 0 Å². The molecule has 22 heavy (non-hydrogen) atoms. The fourth-order valence-corrected chi connectivity index (χ4v) is 2.89. The van der Waals surface area contributed by atoms with Gasteiger partial charge in [0.1, 0.15) is 5.60 Å². The summed E-state index contributed by atoms with van der Waals surface area (Å²) in [5.74, 6) is 0.852. The highest BCUT2D eigenvalue weighted by atomic mass is 32.2. The SMILES string of the molecule is COCC(C)(CNc1ccccc1CSc1ncc[nH]1)OC. The molecule has 0 amide bonds. The zero-order valence-electron chi connectivity index (χ0n) is 13.3. The number of nitrogens with one attached hydrogen (secondary N) is 2. The normalized spacial score (nSPS) is 13.8. The van der Waals surface area contributed by atoms with Gasteiger partial charge < -0.3 is 19.8 Å². The summed E-state index contributed by atoms with van der Waals surface area (Å²) < 4.78 is 10.8. The van der Waals surface area contributed by atoms with Crippen molar-refractivity contribution in [2.24, 2.45) is 0 Å². The molecule has 0 aliphatic carbocycles. The molecule has 1 aromatic heterocycles. The molecule has 0 bridgehead atoms. The number of nitrogens with zero attached hydrogens (tertiary/aromatic N) is 1. The zero-order valence-corrected chi connectivity index (χ0v) is 14.1. The van der Waals surface area contributed by atoms with Gasteiger partial charge in [-0.15, -0.1) is 0 Å². The minimum absolute atomic E-state index is 0.351. The van der Waals surface area contributed by atoms with Gasteiger partial charge in [-0.2, -0.15) is 0 Å². The lowest BCUT2D eigenvalue weighted by molar-refractivity contribution is -0.0410. The average Bonchev–Trinajstić information content (AvgIpc) is 3.05. The number of ether oxygens (including phenoxy) is 2. The zero-order chi connectivity index (χ0) is 15.8. The Morgan fingerprint density at radius 1 is 1.32 bits per heavy atom. The maximum atomic E-state index is 5.55. The largest absolute Gasteiger partial charge is 0.382 e. The predicted molar refractivity (Wildman–Crippen MR) is 90.4 cm³/mol. The summed E-state index contributed by atoms with van der Waals surface area (Å²) in [7, 11) is 3.39. The van der Waals surface area contributed by atoms with Crippen LogP contribution in [0, 0.1) is 0 Å². The second-order valence-corrected chi connectivity index (χ2v) is 6.24. The molecule has 0 saturated heterocycles. The Kier molecular flexibility index (Phi) is 6.30. The minimum Gasteiger partial charge on any atom is -0.382 e. The highest BCUT2D eigenvalue weighted by molar-refractivity contribution is 7.98. The quantitative estimate of drug-likeness (QED) is 0.695. The molecule has 1 atom stereocenters. The van der Waals surface area contributed by atoms with E-state index in [0.717, 1.165) is 16.6 Å². The standard InChI is InChI=1S/C16H23N3O2S/c1-16(21-3,12-20-2)11-19-14-7-5-4-6-13(14)10-22-15-17-8-9-18-15/h4-9,19H,10-12H2,1-3H3,(H,17,18). The topological polar surface area (TPSA) is 59.2 Å². The van der Waals surface area contributed by atoms with E-state index in [-0.39, 0.29) is 5.60 Å². The van der Waals surface area contributed by atoms with Crippen LogP contribution in [0.1, 0.15) is 12.5 Å². The minimum atomic E-state index is -0.351. The molecule has 2 aromatic rings. The van der Waals surface area contributed by atoms with Crippen molar-refractivity contribution in [1.29, 1.82) is 0 Å². The summed E-state index contributed by atoms with van der Waals surface area (Å²) in [6.45, 7) is 3.25. The van der Waals surface area contributed by atoms with Crippen LogP contribution in [0.4, 0.5) is 5.69 Å². The van der Waals surface area contributed by atoms with E-state index in [4.69, 9.17) is 9.47 Å². The number of hydrogen-bond acceptors (Lipinski definition) is 5. The molecule has 1 heterocycles. The number of anilines is 1. The predicted octanol–water partition coefficient (Wildman–Crippen LogP) is 3.17. The second-order valence-electron chi connectivity index (χ2n) is 5.28. The van der Waals surface area contributed by atoms with Crippen molar-refractivity contribution in [2.45, 2.75) is 23.4 Å². The highest BCUT2D eigenvalue weighted by Crippen LogP contribution is 2.25. The number of hydrogen-bond donors (Lipinski definition) is 2. The van der Waals surface area contributed by atoms with E-state index in [1.54, 1.807) is 32.2 Å². The Morgan fingerprint density at radius 3 is 2.82 bits per heavy atom. The van der Waals surface area contributed by atoms with Gasteiger partial charge in [-0.25, -0.2) is 4.98 Å². The van der Waals surface area contributed by atoms with Gasteiger partial charge in [0.05, 0.1) is 6.61 Å². The summed E-state index contributed by atoms with van der Waals surface area (Å²) >= 11 is 1.68. The first kappa shape index (κ1) is 16.9. The van der Waals surface area contributed by atoms with E-state index < -0.39 is 0 Å². The van der Waals surface area contributed by atoms with Gasteiger partial charge in [0.25, 0.3) is 0 Å². The van der Waals surface area contributed by atoms with E-state index in [9.17, 15) is 0 Å². The number of benzene rings is 1. The van der Waals surface area contributed by atoms with Crippen LogP contribution in [-0.4, -0.2) is 42.9 Å². The van der Waals surface area contributed by atoms with E-state index in [0.29, 0.717) is 13.2 Å². The average molecular weight is 321 g/mol. The van der Waals surface area contributed by atoms with Gasteiger partial charge >= 0.3 is 0 Å². The number of aromatic amines is 1. The van der Waals surface area contributed by atoms with Gasteiger partial charge in [-0.3, -0.25) is 0 Å². The first-order valence-electron chi connectivity index (χ1n) is 7.15. The number of imidazole rings is 1. The summed E-state index contributed by atoms with van der Waals surface area (Å²) in [4.78, 5) is 7.34. The fraction of sp³-hybridized carbons (Fsp3) is 0.438. The van der Waals surface area contributed by atoms with Crippen molar-refractivity contribution >= 4 is 17.4 Å². The van der Waals surface area contributed by atoms with Crippen molar-refractivity contribution in [3.8, 4) is 0 Å². The summed E-state index contributed by atoms with van der Waals surface area (Å²) in [6.07, 6.45) is 3.60. The van der Waals surface area contributed by atoms with Crippen LogP contribution in [0.15, 0.2) is 41.8 Å². The van der Waals surface area contributed by atoms with Gasteiger partial charge in [0.15, 0.2) is 5.16 Å². The third-order valence-electron chi connectivity index (χ3n) is 3.45. The molecule has 6 heteroatoms. The Morgan fingerprint density at radius 2 is 2.14 bits per heavy atom. The number of methoxy groups -OCH3 is 2. The van der Waals surface area contributed by atoms with Crippen molar-refractivity contribution < 1.29 is 9.47 Å². The van der Waals surface area contributed by atoms with Crippen LogP contribution < -0.4 is 5.32 Å². The lowest BCUT2D eigenvalue weighted by Gasteiger charge is -2.28. The van der Waals surface area contributed by atoms with E-state index in [1.807, 2.05) is 25.3 Å². The Labute approximate surface area is 135 Å². The smallest absolute Gasteiger partial charge is 0.165 e. The molecule has 0 aliphatic heterocycles. The monoisotopic (exact) mass is 321 g/mol. The highest BCUT2D eigenvalue weighted by Gasteiger charge is 2.23. The van der Waals surface area contributed by atoms with E-state index in [1.165, 1.54) is 5.56 Å². The molecule has 0 aliphatic rings. The molecule has 0 saturated carbocycles. The molecule has 5 nitrogen and oxygen atoms in total. The van der Waals surface area contributed by atoms with Crippen LogP contribution in [0.2, 0.25) is 0 Å². The van der Waals surface area contributed by atoms with Crippen LogP contribution >= 0.6 is 11.8 Å². The molecule has 0 fully saturated rings. The van der Waals surface area contributed by atoms with Crippen molar-refractivity contribution in [1.82, 2.24) is 9.97 Å². The van der Waals surface area contributed by atoms with Crippen LogP contribution in [0.3, 0.4) is 0 Å². The first-order valence-corrected chi connectivity index (χ1v) is 8.13. The van der Waals surface area contributed by atoms with Crippen molar-refractivity contribution in [3.63, 3.8) is 0 Å². The third-order valence-corrected chi connectivity index (χ3v) is 4.40. The molecular weight excluding hydrogens is 298 g/mol. The Hall–Kier alpha value is -1.50. The molecule has 2 rings (SSSR count). The number of H-pyrrole nitrogens is 1. The number of thioether (sulfide) groups is 1. The number of rotatable bonds is 9. The fourth-order valence-electron chi connectivity index (χ4n) is 2.06. The second kappa shape index (κ2) is 8.22. The van der Waals surface area contributed by atoms with Crippen LogP contribution in [0.25, 0.3) is 0 Å². The molecular formula is C16H23N3O2S. The molecule has 1 aromatic carbocycles. The maximum absolute atomic E-state index is 5.55. The Bertz CT molecular complexity index is 562. The molecule has 1 unspecified atom stereocenters. The molecule has 0 radical (unpaired) electrons. The summed E-state index contributed by atoms with van der Waals surface area (Å²) in [6, 6.07) is 8.29. The van der Waals surface area contributed by atoms with Gasteiger partial charge in [0, 0.05) is 44.6 Å². The van der Waals surface area contributed by atoms with E-state index in [2.05, 4.69) is 27.4 Å². The summed E-state index contributed by atoms with van der Waals surface area (Å²) in [5.41, 5.74) is 2.00. The van der Waals surface area contributed by atoms with Crippen LogP contribution in [-0.2, 0) is 15.2 Å². The lowest BCUT2D eigenvalue weighted by Crippen LogP contribution is -2.40. The van der Waals surface area contributed by atoms with Crippen molar-refractivity contribution in [2.75, 3.05) is 32.7 Å². The Balaban J connectivity index is 1.98. The van der Waals surface area contributed by atoms with Crippen molar-refractivity contribution in [3.05, 3.63) is 42.2 Å². The number of para-hydroxylation sites is 1. The van der Waals surface area contributed by atoms with Crippen LogP contribution in [0.5, 0.6) is 0 Å². The first-order chi connectivity index (χ1) is 10.7. The van der Waals surface area contributed by atoms with Gasteiger partial charge in [-0.1, -0.05) is 30.0 Å². The maximum Gasteiger partial charge on any atom is 0.165 e. The lowest BCUT2D eigenvalue weighted by atomic mass is 10.1. The molecule has 2 N–H and O–H groups in total. The molecule has 0 spiro atoms. The number of aromatic nitrogens is 2.